The van der Waals surface area contributed by atoms with E-state index >= 15 is 0 Å². The van der Waals surface area contributed by atoms with E-state index in [1.54, 1.807) is 0 Å². The third-order valence-corrected chi connectivity index (χ3v) is 3.00. The molecule has 0 aromatic heterocycles. The Kier molecular flexibility index (Phi) is 3.13. The van der Waals surface area contributed by atoms with Crippen LogP contribution in [0.2, 0.25) is 0 Å². The van der Waals surface area contributed by atoms with E-state index in [-0.39, 0.29) is 0 Å². The lowest BCUT2D eigenvalue weighted by Crippen LogP contribution is -2.48. The summed E-state index contributed by atoms with van der Waals surface area (Å²) in [4.78, 5) is 2.59. The summed E-state index contributed by atoms with van der Waals surface area (Å²) in [5.74, 6) is 0. The van der Waals surface area contributed by atoms with Crippen LogP contribution in [0.4, 0.5) is 0 Å². The molecule has 0 amide bonds. The molecule has 0 aromatic rings. The molecule has 1 fully saturated rings. The molecule has 2 heteroatoms. The van der Waals surface area contributed by atoms with Crippen LogP contribution in [0.3, 0.4) is 0 Å². The summed E-state index contributed by atoms with van der Waals surface area (Å²) in [5, 5.41) is 3.48. The van der Waals surface area contributed by atoms with E-state index in [9.17, 15) is 0 Å². The van der Waals surface area contributed by atoms with Crippen molar-refractivity contribution in [2.45, 2.75) is 45.7 Å². The fraction of sp³-hybridized carbons (Fsp3) is 1.00. The van der Waals surface area contributed by atoms with Gasteiger partial charge in [0, 0.05) is 18.1 Å². The predicted molar refractivity (Wildman–Crippen MR) is 53.4 cm³/mol. The van der Waals surface area contributed by atoms with E-state index in [4.69, 9.17) is 0 Å². The van der Waals surface area contributed by atoms with Crippen molar-refractivity contribution >= 4 is 0 Å². The standard InChI is InChI=1S/C10H22N2/c1-5-12-9(2)8-11-7-6-10(12,3)4/h9,11H,5-8H2,1-4H3. The summed E-state index contributed by atoms with van der Waals surface area (Å²) in [6.45, 7) is 12.7. The molecular weight excluding hydrogens is 148 g/mol. The Morgan fingerprint density at radius 2 is 2.17 bits per heavy atom. The minimum absolute atomic E-state index is 0.373. The Hall–Kier alpha value is -0.0800. The molecule has 1 heterocycles. The molecule has 72 valence electrons. The summed E-state index contributed by atoms with van der Waals surface area (Å²) < 4.78 is 0. The Morgan fingerprint density at radius 1 is 1.50 bits per heavy atom. The lowest BCUT2D eigenvalue weighted by Gasteiger charge is -2.39. The molecule has 1 saturated heterocycles. The number of nitrogens with zero attached hydrogens (tertiary/aromatic N) is 1. The maximum atomic E-state index is 3.48. The molecule has 2 nitrogen and oxygen atoms in total. The summed E-state index contributed by atoms with van der Waals surface area (Å²) in [6.07, 6.45) is 1.26. The Balaban J connectivity index is 2.70. The highest BCUT2D eigenvalue weighted by atomic mass is 15.2. The van der Waals surface area contributed by atoms with Gasteiger partial charge in [-0.15, -0.1) is 0 Å². The molecule has 1 unspecified atom stereocenters. The first kappa shape index (κ1) is 10.0. The molecule has 0 aromatic carbocycles. The molecule has 0 radical (unpaired) electrons. The van der Waals surface area contributed by atoms with Crippen LogP contribution < -0.4 is 5.32 Å². The van der Waals surface area contributed by atoms with E-state index < -0.39 is 0 Å². The molecular formula is C10H22N2. The van der Waals surface area contributed by atoms with E-state index in [1.807, 2.05) is 0 Å². The summed E-state index contributed by atoms with van der Waals surface area (Å²) in [6, 6.07) is 0.674. The van der Waals surface area contributed by atoms with Crippen LogP contribution in [0, 0.1) is 0 Å². The average Bonchev–Trinajstić information content (AvgIpc) is 2.09. The largest absolute Gasteiger partial charge is 0.315 e. The van der Waals surface area contributed by atoms with Crippen molar-refractivity contribution in [3.63, 3.8) is 0 Å². The quantitative estimate of drug-likeness (QED) is 0.641. The van der Waals surface area contributed by atoms with Crippen LogP contribution in [0.25, 0.3) is 0 Å². The lowest BCUT2D eigenvalue weighted by molar-refractivity contribution is 0.0929. The third-order valence-electron chi connectivity index (χ3n) is 3.00. The van der Waals surface area contributed by atoms with Gasteiger partial charge >= 0.3 is 0 Å². The van der Waals surface area contributed by atoms with Gasteiger partial charge in [0.2, 0.25) is 0 Å². The van der Waals surface area contributed by atoms with Gasteiger partial charge in [0.05, 0.1) is 0 Å². The van der Waals surface area contributed by atoms with Gasteiger partial charge < -0.3 is 5.32 Å². The van der Waals surface area contributed by atoms with E-state index in [0.717, 1.165) is 19.6 Å². The minimum Gasteiger partial charge on any atom is -0.315 e. The zero-order chi connectivity index (χ0) is 9.19. The zero-order valence-corrected chi connectivity index (χ0v) is 8.85. The van der Waals surface area contributed by atoms with Crippen molar-refractivity contribution in [2.75, 3.05) is 19.6 Å². The lowest BCUT2D eigenvalue weighted by atomic mass is 9.97. The van der Waals surface area contributed by atoms with Crippen molar-refractivity contribution in [1.82, 2.24) is 10.2 Å². The van der Waals surface area contributed by atoms with Crippen LogP contribution in [0.5, 0.6) is 0 Å². The Bertz CT molecular complexity index is 143. The molecule has 12 heavy (non-hydrogen) atoms. The summed E-state index contributed by atoms with van der Waals surface area (Å²) in [7, 11) is 0. The smallest absolute Gasteiger partial charge is 0.0197 e. The molecule has 0 aliphatic carbocycles. The average molecular weight is 170 g/mol. The first-order valence-corrected chi connectivity index (χ1v) is 5.05. The first-order chi connectivity index (χ1) is 5.58. The first-order valence-electron chi connectivity index (χ1n) is 5.05. The van der Waals surface area contributed by atoms with Crippen LogP contribution in [-0.2, 0) is 0 Å². The SMILES string of the molecule is CCN1C(C)CNCCC1(C)C. The molecule has 0 saturated carbocycles. The summed E-state index contributed by atoms with van der Waals surface area (Å²) >= 11 is 0. The van der Waals surface area contributed by atoms with Gasteiger partial charge in [0.15, 0.2) is 0 Å². The van der Waals surface area contributed by atoms with Crippen molar-refractivity contribution in [2.24, 2.45) is 0 Å². The van der Waals surface area contributed by atoms with Crippen molar-refractivity contribution < 1.29 is 0 Å². The topological polar surface area (TPSA) is 15.3 Å². The van der Waals surface area contributed by atoms with Crippen LogP contribution in [0.15, 0.2) is 0 Å². The second-order valence-corrected chi connectivity index (χ2v) is 4.40. The predicted octanol–water partition coefficient (Wildman–Crippen LogP) is 1.47. The van der Waals surface area contributed by atoms with Crippen molar-refractivity contribution in [3.8, 4) is 0 Å². The van der Waals surface area contributed by atoms with Gasteiger partial charge in [-0.05, 0) is 40.3 Å². The van der Waals surface area contributed by atoms with Gasteiger partial charge in [-0.2, -0.15) is 0 Å². The van der Waals surface area contributed by atoms with Gasteiger partial charge in [0.25, 0.3) is 0 Å². The third kappa shape index (κ3) is 1.99. The van der Waals surface area contributed by atoms with Crippen molar-refractivity contribution in [1.29, 1.82) is 0 Å². The molecule has 1 aliphatic rings. The second kappa shape index (κ2) is 3.75. The highest BCUT2D eigenvalue weighted by molar-refractivity contribution is 4.88. The van der Waals surface area contributed by atoms with E-state index in [1.165, 1.54) is 6.42 Å². The molecule has 1 rings (SSSR count). The fourth-order valence-electron chi connectivity index (χ4n) is 2.30. The number of hydrogen-bond donors (Lipinski definition) is 1. The molecule has 0 spiro atoms. The fourth-order valence-corrected chi connectivity index (χ4v) is 2.30. The number of hydrogen-bond acceptors (Lipinski definition) is 2. The monoisotopic (exact) mass is 170 g/mol. The highest BCUT2D eigenvalue weighted by Crippen LogP contribution is 2.22. The van der Waals surface area contributed by atoms with Gasteiger partial charge in [-0.1, -0.05) is 6.92 Å². The Morgan fingerprint density at radius 3 is 2.75 bits per heavy atom. The summed E-state index contributed by atoms with van der Waals surface area (Å²) in [5.41, 5.74) is 0.373. The zero-order valence-electron chi connectivity index (χ0n) is 8.85. The van der Waals surface area contributed by atoms with Crippen LogP contribution in [0.1, 0.15) is 34.1 Å². The minimum atomic E-state index is 0.373. The van der Waals surface area contributed by atoms with Crippen molar-refractivity contribution in [3.05, 3.63) is 0 Å². The van der Waals surface area contributed by atoms with Crippen LogP contribution in [-0.4, -0.2) is 36.1 Å². The molecule has 1 atom stereocenters. The number of likely N-dealkylation sites (N-methyl/N-ethyl adjacent to an activating group) is 1. The molecule has 1 N–H and O–H groups in total. The van der Waals surface area contributed by atoms with Gasteiger partial charge in [0.1, 0.15) is 0 Å². The number of rotatable bonds is 1. The normalized spacial score (nSPS) is 31.5. The van der Waals surface area contributed by atoms with E-state index in [2.05, 4.69) is 37.9 Å². The maximum absolute atomic E-state index is 3.48. The van der Waals surface area contributed by atoms with E-state index in [0.29, 0.717) is 11.6 Å². The molecule has 0 bridgehead atoms. The highest BCUT2D eigenvalue weighted by Gasteiger charge is 2.30. The van der Waals surface area contributed by atoms with Crippen LogP contribution >= 0.6 is 0 Å². The molecule has 1 aliphatic heterocycles. The van der Waals surface area contributed by atoms with Gasteiger partial charge in [-0.25, -0.2) is 0 Å². The Labute approximate surface area is 76.3 Å². The maximum Gasteiger partial charge on any atom is 0.0197 e. The van der Waals surface area contributed by atoms with Gasteiger partial charge in [-0.3, -0.25) is 4.90 Å². The number of nitrogens with one attached hydrogen (secondary N) is 1. The second-order valence-electron chi connectivity index (χ2n) is 4.40.